The first-order valence-corrected chi connectivity index (χ1v) is 3.03. The van der Waals surface area contributed by atoms with Gasteiger partial charge in [-0.05, 0) is 0 Å². The van der Waals surface area contributed by atoms with Crippen molar-refractivity contribution in [3.63, 3.8) is 0 Å². The number of nitrogens with one attached hydrogen (secondary N) is 1. The van der Waals surface area contributed by atoms with E-state index in [-0.39, 0.29) is 17.2 Å². The first kappa shape index (κ1) is 4.97. The second-order valence-corrected chi connectivity index (χ2v) is 2.90. The van der Waals surface area contributed by atoms with Gasteiger partial charge in [0.15, 0.2) is 0 Å². The third-order valence-corrected chi connectivity index (χ3v) is 1.97. The Balaban J connectivity index is 2.01. The predicted molar refractivity (Wildman–Crippen MR) is 29.7 cm³/mol. The molecule has 1 amide bonds. The minimum atomic E-state index is -0.0613. The van der Waals surface area contributed by atoms with Crippen LogP contribution in [0.25, 0.3) is 0 Å². The molecule has 1 N–H and O–H groups in total. The summed E-state index contributed by atoms with van der Waals surface area (Å²) in [5.41, 5.74) is -0.0613. The summed E-state index contributed by atoms with van der Waals surface area (Å²) in [7, 11) is 0. The van der Waals surface area contributed by atoms with Crippen molar-refractivity contribution in [3.8, 4) is 0 Å². The molecule has 3 heteroatoms. The number of hydrogen-bond acceptors (Lipinski definition) is 2. The Morgan fingerprint density at radius 2 is 1.78 bits per heavy atom. The molecular weight excluding hydrogens is 118 g/mol. The minimum Gasteiger partial charge on any atom is -0.349 e. The number of β-lactam (4-membered cyclic amide) rings is 1. The second-order valence-electron chi connectivity index (χ2n) is 2.90. The van der Waals surface area contributed by atoms with Gasteiger partial charge in [-0.2, -0.15) is 0 Å². The maximum absolute atomic E-state index is 10.5. The van der Waals surface area contributed by atoms with E-state index in [0.717, 1.165) is 0 Å². The second kappa shape index (κ2) is 1.17. The smallest absolute Gasteiger partial charge is 0.222 e. The summed E-state index contributed by atoms with van der Waals surface area (Å²) in [6.45, 7) is 0. The van der Waals surface area contributed by atoms with Crippen LogP contribution in [-0.2, 0) is 9.59 Å². The molecule has 2 aliphatic rings. The van der Waals surface area contributed by atoms with Gasteiger partial charge >= 0.3 is 0 Å². The van der Waals surface area contributed by atoms with Crippen molar-refractivity contribution in [1.82, 2.24) is 5.32 Å². The molecule has 9 heavy (non-hydrogen) atoms. The van der Waals surface area contributed by atoms with Gasteiger partial charge in [-0.3, -0.25) is 9.59 Å². The molecule has 0 aromatic carbocycles. The van der Waals surface area contributed by atoms with E-state index in [9.17, 15) is 9.59 Å². The molecule has 2 fully saturated rings. The molecule has 1 aliphatic heterocycles. The van der Waals surface area contributed by atoms with Gasteiger partial charge in [0.2, 0.25) is 5.91 Å². The van der Waals surface area contributed by atoms with E-state index in [0.29, 0.717) is 19.3 Å². The summed E-state index contributed by atoms with van der Waals surface area (Å²) < 4.78 is 0. The van der Waals surface area contributed by atoms with Crippen molar-refractivity contribution < 1.29 is 9.59 Å². The molecule has 1 spiro atoms. The SMILES string of the molecule is O=C1CC2(C1)CC(=O)N2. The summed E-state index contributed by atoms with van der Waals surface area (Å²) in [5, 5.41) is 2.73. The van der Waals surface area contributed by atoms with E-state index in [2.05, 4.69) is 5.32 Å². The van der Waals surface area contributed by atoms with E-state index in [1.54, 1.807) is 0 Å². The zero-order valence-electron chi connectivity index (χ0n) is 4.94. The normalized spacial score (nSPS) is 28.9. The van der Waals surface area contributed by atoms with Crippen LogP contribution in [0.1, 0.15) is 19.3 Å². The van der Waals surface area contributed by atoms with Crippen LogP contribution in [0.2, 0.25) is 0 Å². The van der Waals surface area contributed by atoms with Crippen molar-refractivity contribution in [2.75, 3.05) is 0 Å². The summed E-state index contributed by atoms with van der Waals surface area (Å²) in [5.74, 6) is 0.359. The quantitative estimate of drug-likeness (QED) is 0.448. The van der Waals surface area contributed by atoms with Gasteiger partial charge in [0.05, 0.1) is 12.0 Å². The van der Waals surface area contributed by atoms with Crippen LogP contribution < -0.4 is 5.32 Å². The lowest BCUT2D eigenvalue weighted by atomic mass is 9.69. The van der Waals surface area contributed by atoms with E-state index >= 15 is 0 Å². The number of ketones is 1. The van der Waals surface area contributed by atoms with Crippen molar-refractivity contribution in [1.29, 1.82) is 0 Å². The first-order valence-electron chi connectivity index (χ1n) is 3.03. The summed E-state index contributed by atoms with van der Waals surface area (Å²) in [6.07, 6.45) is 1.70. The number of hydrogen-bond donors (Lipinski definition) is 1. The van der Waals surface area contributed by atoms with Crippen LogP contribution in [0.15, 0.2) is 0 Å². The predicted octanol–water partition coefficient (Wildman–Crippen LogP) is -0.392. The molecular formula is C6H7NO2. The monoisotopic (exact) mass is 125 g/mol. The number of rotatable bonds is 0. The summed E-state index contributed by atoms with van der Waals surface area (Å²) >= 11 is 0. The fourth-order valence-electron chi connectivity index (χ4n) is 1.50. The Morgan fingerprint density at radius 1 is 1.22 bits per heavy atom. The summed E-state index contributed by atoms with van der Waals surface area (Å²) in [6, 6.07) is 0. The third kappa shape index (κ3) is 0.515. The molecule has 1 aliphatic carbocycles. The maximum atomic E-state index is 10.5. The summed E-state index contributed by atoms with van der Waals surface area (Å²) in [4.78, 5) is 20.9. The standard InChI is InChI=1S/C6H7NO2/c8-4-1-6(2-4)3-5(9)7-6/h1-3H2,(H,7,9). The fourth-order valence-corrected chi connectivity index (χ4v) is 1.50. The van der Waals surface area contributed by atoms with Crippen molar-refractivity contribution in [3.05, 3.63) is 0 Å². The molecule has 0 unspecified atom stereocenters. The average Bonchev–Trinajstić information content (AvgIpc) is 1.58. The van der Waals surface area contributed by atoms with Gasteiger partial charge < -0.3 is 5.32 Å². The van der Waals surface area contributed by atoms with Gasteiger partial charge in [-0.1, -0.05) is 0 Å². The molecule has 0 aromatic heterocycles. The number of Topliss-reactive ketones (excluding diaryl/α,β-unsaturated/α-hetero) is 1. The van der Waals surface area contributed by atoms with Gasteiger partial charge in [0.25, 0.3) is 0 Å². The molecule has 0 aromatic rings. The van der Waals surface area contributed by atoms with E-state index < -0.39 is 0 Å². The highest BCUT2D eigenvalue weighted by Gasteiger charge is 2.52. The van der Waals surface area contributed by atoms with Crippen LogP contribution in [0.3, 0.4) is 0 Å². The van der Waals surface area contributed by atoms with Gasteiger partial charge in [0.1, 0.15) is 5.78 Å². The van der Waals surface area contributed by atoms with Gasteiger partial charge in [-0.25, -0.2) is 0 Å². The lowest BCUT2D eigenvalue weighted by Crippen LogP contribution is -2.67. The van der Waals surface area contributed by atoms with Crippen LogP contribution >= 0.6 is 0 Å². The van der Waals surface area contributed by atoms with Crippen LogP contribution in [0.5, 0.6) is 0 Å². The number of amides is 1. The van der Waals surface area contributed by atoms with Crippen LogP contribution in [-0.4, -0.2) is 17.2 Å². The Morgan fingerprint density at radius 3 is 2.11 bits per heavy atom. The van der Waals surface area contributed by atoms with Crippen molar-refractivity contribution >= 4 is 11.7 Å². The highest BCUT2D eigenvalue weighted by molar-refractivity contribution is 5.97. The lowest BCUT2D eigenvalue weighted by Gasteiger charge is -2.47. The number of carbonyl (C=O) groups is 2. The molecule has 0 atom stereocenters. The van der Waals surface area contributed by atoms with Gasteiger partial charge in [0, 0.05) is 12.8 Å². The first-order chi connectivity index (χ1) is 4.20. The lowest BCUT2D eigenvalue weighted by molar-refractivity contribution is -0.144. The minimum absolute atomic E-state index is 0.0613. The largest absolute Gasteiger partial charge is 0.349 e. The van der Waals surface area contributed by atoms with Crippen molar-refractivity contribution in [2.24, 2.45) is 0 Å². The topological polar surface area (TPSA) is 46.2 Å². The Labute approximate surface area is 52.4 Å². The fraction of sp³-hybridized carbons (Fsp3) is 0.667. The highest BCUT2D eigenvalue weighted by atomic mass is 16.2. The van der Waals surface area contributed by atoms with E-state index in [1.807, 2.05) is 0 Å². The molecule has 0 radical (unpaired) electrons. The third-order valence-electron chi connectivity index (χ3n) is 1.97. The molecule has 48 valence electrons. The Kier molecular flexibility index (Phi) is 0.648. The van der Waals surface area contributed by atoms with Crippen LogP contribution in [0.4, 0.5) is 0 Å². The van der Waals surface area contributed by atoms with Crippen LogP contribution in [0, 0.1) is 0 Å². The highest BCUT2D eigenvalue weighted by Crippen LogP contribution is 2.37. The molecule has 0 bridgehead atoms. The molecule has 3 nitrogen and oxygen atoms in total. The van der Waals surface area contributed by atoms with Crippen molar-refractivity contribution in [2.45, 2.75) is 24.8 Å². The Hall–Kier alpha value is -0.860. The average molecular weight is 125 g/mol. The molecule has 1 heterocycles. The van der Waals surface area contributed by atoms with E-state index in [1.165, 1.54) is 0 Å². The van der Waals surface area contributed by atoms with Gasteiger partial charge in [-0.15, -0.1) is 0 Å². The Bertz CT molecular complexity index is 156. The zero-order valence-corrected chi connectivity index (χ0v) is 4.94. The molecule has 2 rings (SSSR count). The molecule has 1 saturated carbocycles. The number of carbonyl (C=O) groups excluding carboxylic acids is 2. The van der Waals surface area contributed by atoms with E-state index in [4.69, 9.17) is 0 Å². The maximum Gasteiger partial charge on any atom is 0.222 e. The molecule has 1 saturated heterocycles. The zero-order chi connectivity index (χ0) is 6.48.